The normalized spacial score (nSPS) is 21.7. The summed E-state index contributed by atoms with van der Waals surface area (Å²) in [7, 11) is -4.71. The van der Waals surface area contributed by atoms with Crippen LogP contribution in [0.1, 0.15) is 74.7 Å². The molecule has 364 valence electrons. The number of ether oxygens (including phenoxy) is 2. The van der Waals surface area contributed by atoms with E-state index in [0.717, 1.165) is 57.8 Å². The molecule has 0 spiro atoms. The number of carbonyl (C=O) groups excluding carboxylic acids is 1. The molecule has 0 bridgehead atoms. The third-order valence-electron chi connectivity index (χ3n) is 14.4. The number of nitrogens with zero attached hydrogens (tertiary/aromatic N) is 5. The highest BCUT2D eigenvalue weighted by Crippen LogP contribution is 2.51. The standard InChI is InChI=1S/C50H55ClF2N8O7S/c1-49(2)15-11-34(39(26-49)32-3-5-35(51)6-4-32)30-58-17-19-59(20-18-58)36-7-9-38(41(24-36)60-43-23-33-12-16-54-46(33)56-48(43)68-45-28-50(52,53)27-44(45)60)47(62)57-69(65,66)37-8-10-40(42(25-37)61(63)64)55-29-31-13-21-67-22-14-31/h3-10,12,16,23-25,31,44-45,55H,11,13-15,17-22,26-30H2,1-2H3,(H,54,56)(H,57,62). The second-order valence-electron chi connectivity index (χ2n) is 19.8. The largest absolute Gasteiger partial charge is 0.470 e. The van der Waals surface area contributed by atoms with Gasteiger partial charge < -0.3 is 29.6 Å². The second kappa shape index (κ2) is 18.5. The Morgan fingerprint density at radius 2 is 1.75 bits per heavy atom. The van der Waals surface area contributed by atoms with E-state index in [2.05, 4.69) is 55.8 Å². The molecule has 5 aliphatic rings. The zero-order chi connectivity index (χ0) is 48.2. The van der Waals surface area contributed by atoms with E-state index in [1.807, 2.05) is 12.1 Å². The van der Waals surface area contributed by atoms with E-state index in [-0.39, 0.29) is 34.2 Å². The minimum atomic E-state index is -4.71. The molecule has 5 heterocycles. The molecule has 10 rings (SSSR count). The number of alkyl halides is 2. The Morgan fingerprint density at radius 3 is 2.51 bits per heavy atom. The van der Waals surface area contributed by atoms with Crippen LogP contribution in [0.25, 0.3) is 16.6 Å². The highest BCUT2D eigenvalue weighted by molar-refractivity contribution is 7.90. The predicted molar refractivity (Wildman–Crippen MR) is 261 cm³/mol. The maximum absolute atomic E-state index is 15.5. The van der Waals surface area contributed by atoms with Gasteiger partial charge in [0.05, 0.1) is 33.5 Å². The average Bonchev–Trinajstić information content (AvgIpc) is 3.91. The molecular formula is C50H55ClF2N8O7S. The Labute approximate surface area is 404 Å². The van der Waals surface area contributed by atoms with Crippen molar-refractivity contribution in [3.63, 3.8) is 0 Å². The van der Waals surface area contributed by atoms with Crippen LogP contribution in [0.15, 0.2) is 89.5 Å². The number of rotatable bonds is 12. The topological polar surface area (TPSA) is 175 Å². The molecule has 1 amide bonds. The molecule has 2 unspecified atom stereocenters. The number of carbonyl (C=O) groups is 1. The minimum absolute atomic E-state index is 0.0955. The van der Waals surface area contributed by atoms with E-state index < -0.39 is 62.3 Å². The summed E-state index contributed by atoms with van der Waals surface area (Å²) in [6.45, 7) is 9.80. The molecule has 2 aromatic heterocycles. The highest BCUT2D eigenvalue weighted by atomic mass is 35.5. The van der Waals surface area contributed by atoms with Crippen molar-refractivity contribution >= 4 is 72.6 Å². The number of halogens is 3. The van der Waals surface area contributed by atoms with Gasteiger partial charge in [-0.2, -0.15) is 4.98 Å². The number of aromatic nitrogens is 2. The van der Waals surface area contributed by atoms with E-state index in [4.69, 9.17) is 21.1 Å². The van der Waals surface area contributed by atoms with Crippen LogP contribution in [-0.2, 0) is 14.8 Å². The first kappa shape index (κ1) is 46.9. The van der Waals surface area contributed by atoms with E-state index in [9.17, 15) is 23.3 Å². The summed E-state index contributed by atoms with van der Waals surface area (Å²) in [6.07, 6.45) is 4.16. The van der Waals surface area contributed by atoms with Crippen molar-refractivity contribution in [2.75, 3.05) is 67.6 Å². The van der Waals surface area contributed by atoms with E-state index in [1.165, 1.54) is 34.9 Å². The number of anilines is 4. The first-order chi connectivity index (χ1) is 33.0. The number of benzene rings is 3. The molecule has 3 fully saturated rings. The summed E-state index contributed by atoms with van der Waals surface area (Å²) in [5, 5.41) is 16.7. The van der Waals surface area contributed by atoms with Crippen LogP contribution in [-0.4, -0.2) is 105 Å². The van der Waals surface area contributed by atoms with E-state index in [0.29, 0.717) is 60.3 Å². The molecule has 69 heavy (non-hydrogen) atoms. The number of allylic oxidation sites excluding steroid dienone is 1. The van der Waals surface area contributed by atoms with Crippen molar-refractivity contribution in [1.29, 1.82) is 0 Å². The number of amides is 1. The highest BCUT2D eigenvalue weighted by Gasteiger charge is 2.54. The Balaban J connectivity index is 0.964. The fourth-order valence-corrected chi connectivity index (χ4v) is 11.7. The molecule has 3 aromatic carbocycles. The minimum Gasteiger partial charge on any atom is -0.470 e. The Bertz CT molecular complexity index is 2940. The number of hydrogen-bond acceptors (Lipinski definition) is 12. The van der Waals surface area contributed by atoms with Crippen LogP contribution < -0.4 is 24.6 Å². The monoisotopic (exact) mass is 984 g/mol. The molecule has 19 heteroatoms. The molecule has 1 saturated carbocycles. The number of nitro benzene ring substituents is 1. The fraction of sp³-hybridized carbons (Fsp3) is 0.440. The third-order valence-corrected chi connectivity index (χ3v) is 16.0. The molecule has 5 aromatic rings. The zero-order valence-electron chi connectivity index (χ0n) is 38.5. The summed E-state index contributed by atoms with van der Waals surface area (Å²) in [5.41, 5.74) is 5.47. The van der Waals surface area contributed by atoms with Gasteiger partial charge in [-0.15, -0.1) is 0 Å². The van der Waals surface area contributed by atoms with Crippen molar-refractivity contribution in [3.05, 3.63) is 111 Å². The quantitative estimate of drug-likeness (QED) is 0.0799. The molecule has 2 saturated heterocycles. The van der Waals surface area contributed by atoms with Gasteiger partial charge in [-0.3, -0.25) is 19.8 Å². The lowest BCUT2D eigenvalue weighted by Gasteiger charge is -2.41. The molecule has 3 aliphatic heterocycles. The van der Waals surface area contributed by atoms with Crippen molar-refractivity contribution in [1.82, 2.24) is 19.6 Å². The van der Waals surface area contributed by atoms with Crippen molar-refractivity contribution in [3.8, 4) is 5.88 Å². The summed E-state index contributed by atoms with van der Waals surface area (Å²) in [4.78, 5) is 39.7. The van der Waals surface area contributed by atoms with Crippen LogP contribution in [0.4, 0.5) is 37.2 Å². The van der Waals surface area contributed by atoms with Crippen LogP contribution in [0.2, 0.25) is 5.02 Å². The summed E-state index contributed by atoms with van der Waals surface area (Å²) in [6, 6.07) is 19.2. The maximum Gasteiger partial charge on any atom is 0.293 e. The zero-order valence-corrected chi connectivity index (χ0v) is 40.1. The number of H-pyrrole nitrogens is 1. The van der Waals surface area contributed by atoms with Gasteiger partial charge in [-0.1, -0.05) is 43.2 Å². The van der Waals surface area contributed by atoms with E-state index >= 15 is 8.78 Å². The van der Waals surface area contributed by atoms with Gasteiger partial charge >= 0.3 is 0 Å². The molecule has 15 nitrogen and oxygen atoms in total. The molecule has 2 aliphatic carbocycles. The number of hydrogen-bond donors (Lipinski definition) is 3. The summed E-state index contributed by atoms with van der Waals surface area (Å²) < 4.78 is 72.8. The lowest BCUT2D eigenvalue weighted by Crippen LogP contribution is -2.47. The Hall–Kier alpha value is -5.82. The van der Waals surface area contributed by atoms with E-state index in [1.54, 1.807) is 35.4 Å². The van der Waals surface area contributed by atoms with Crippen LogP contribution >= 0.6 is 11.6 Å². The number of aromatic amines is 1. The summed E-state index contributed by atoms with van der Waals surface area (Å²) >= 11 is 6.27. The van der Waals surface area contributed by atoms with Gasteiger partial charge in [0.15, 0.2) is 0 Å². The lowest BCUT2D eigenvalue weighted by atomic mass is 9.72. The van der Waals surface area contributed by atoms with Crippen molar-refractivity contribution in [2.45, 2.75) is 81.8 Å². The lowest BCUT2D eigenvalue weighted by molar-refractivity contribution is -0.384. The molecule has 2 atom stereocenters. The van der Waals surface area contributed by atoms with Gasteiger partial charge in [-0.25, -0.2) is 21.9 Å². The van der Waals surface area contributed by atoms with Crippen molar-refractivity contribution < 1.29 is 36.4 Å². The number of nitrogens with one attached hydrogen (secondary N) is 3. The number of fused-ring (bicyclic) bond motifs is 3. The van der Waals surface area contributed by atoms with Gasteiger partial charge in [0, 0.05) is 87.3 Å². The van der Waals surface area contributed by atoms with Crippen LogP contribution in [0, 0.1) is 21.4 Å². The van der Waals surface area contributed by atoms with Crippen LogP contribution in [0.5, 0.6) is 5.88 Å². The molecule has 0 radical (unpaired) electrons. The molecule has 3 N–H and O–H groups in total. The first-order valence-corrected chi connectivity index (χ1v) is 25.4. The fourth-order valence-electron chi connectivity index (χ4n) is 10.6. The smallest absolute Gasteiger partial charge is 0.293 e. The van der Waals surface area contributed by atoms with Crippen LogP contribution in [0.3, 0.4) is 0 Å². The Morgan fingerprint density at radius 1 is 0.986 bits per heavy atom. The van der Waals surface area contributed by atoms with Gasteiger partial charge in [0.25, 0.3) is 27.5 Å². The SMILES string of the molecule is CC1(C)CCC(CN2CCN(c3ccc(C(=O)NS(=O)(=O)c4ccc(NCC5CCOCC5)c([N+](=O)[O-])c4)c(N4c5cc6cc[nH]c6nc5OC5CC(F)(F)CC54)c3)CC2)=C(c2ccc(Cl)cc2)C1. The van der Waals surface area contributed by atoms with Gasteiger partial charge in [0.1, 0.15) is 23.1 Å². The predicted octanol–water partition coefficient (Wildman–Crippen LogP) is 9.56. The molecular weight excluding hydrogens is 930 g/mol. The first-order valence-electron chi connectivity index (χ1n) is 23.6. The average molecular weight is 986 g/mol. The number of sulfonamides is 1. The van der Waals surface area contributed by atoms with Gasteiger partial charge in [0.2, 0.25) is 5.88 Å². The van der Waals surface area contributed by atoms with Gasteiger partial charge in [-0.05, 0) is 109 Å². The number of pyridine rings is 1. The Kier molecular flexibility index (Phi) is 12.6. The summed E-state index contributed by atoms with van der Waals surface area (Å²) in [5.74, 6) is -3.82. The maximum atomic E-state index is 15.5. The number of piperazine rings is 1. The number of nitro groups is 1. The van der Waals surface area contributed by atoms with Crippen molar-refractivity contribution in [2.24, 2.45) is 11.3 Å². The second-order valence-corrected chi connectivity index (χ2v) is 21.9. The third kappa shape index (κ3) is 9.85.